The molecule has 7 rings (SSSR count). The number of aryl methyl sites for hydroxylation is 1. The molecule has 0 radical (unpaired) electrons. The molecule has 3 saturated carbocycles. The number of sulfonamides is 1. The third-order valence-corrected chi connectivity index (χ3v) is 14.8. The van der Waals surface area contributed by atoms with Crippen molar-refractivity contribution in [3.8, 4) is 11.6 Å². The van der Waals surface area contributed by atoms with Crippen LogP contribution >= 0.6 is 0 Å². The number of nitrogens with zero attached hydrogens (tertiary/aromatic N) is 3. The first-order chi connectivity index (χ1) is 26.9. The molecular formula is C40H55FN6O9S. The van der Waals surface area contributed by atoms with E-state index >= 15 is 0 Å². The Labute approximate surface area is 333 Å². The zero-order valence-electron chi connectivity index (χ0n) is 33.6. The molecule has 57 heavy (non-hydrogen) atoms. The van der Waals surface area contributed by atoms with E-state index in [1.165, 1.54) is 11.8 Å². The summed E-state index contributed by atoms with van der Waals surface area (Å²) in [6, 6.07) is 3.02. The van der Waals surface area contributed by atoms with Gasteiger partial charge in [0.25, 0.3) is 5.91 Å². The molecule has 4 amide bonds. The molecule has 1 aromatic carbocycles. The van der Waals surface area contributed by atoms with Crippen LogP contribution in [0.4, 0.5) is 9.18 Å². The number of hydrogen-bond acceptors (Lipinski definition) is 11. The van der Waals surface area contributed by atoms with Gasteiger partial charge in [0.1, 0.15) is 41.3 Å². The Morgan fingerprint density at radius 1 is 1.09 bits per heavy atom. The molecule has 2 aromatic rings. The van der Waals surface area contributed by atoms with Crippen LogP contribution in [-0.4, -0.2) is 102 Å². The summed E-state index contributed by atoms with van der Waals surface area (Å²) < 4.78 is 58.9. The Morgan fingerprint density at radius 3 is 2.53 bits per heavy atom. The number of amides is 4. The molecule has 1 aromatic heterocycles. The second-order valence-corrected chi connectivity index (χ2v) is 20.2. The highest BCUT2D eigenvalue weighted by Gasteiger charge is 2.64. The Hall–Kier alpha value is -4.28. The number of halogens is 1. The SMILES string of the molecule is COc1ccc2nc3c(nc2c1)O[C@H]1CN(C(=O)[C@H](C(C)(C)C)NC(=O)O[C@@H]2CC2CCCCC3)[C@H](C(=O)N[C@]2(C(=O)NS(=O)(=O)C3(C)CC3)C[C@H]2CCF)[C@@H]1C. The molecule has 4 fully saturated rings. The maximum Gasteiger partial charge on any atom is 0.408 e. The molecule has 3 heterocycles. The van der Waals surface area contributed by atoms with Crippen molar-refractivity contribution < 1.29 is 46.2 Å². The number of carbonyl (C=O) groups excluding carboxylic acids is 4. The van der Waals surface area contributed by atoms with E-state index in [9.17, 15) is 32.0 Å². The smallest absolute Gasteiger partial charge is 0.408 e. The molecule has 3 aliphatic carbocycles. The molecule has 2 bridgehead atoms. The Morgan fingerprint density at radius 2 is 1.84 bits per heavy atom. The summed E-state index contributed by atoms with van der Waals surface area (Å²) in [5.74, 6) is -2.53. The summed E-state index contributed by atoms with van der Waals surface area (Å²) in [6.45, 7) is 7.79. The Kier molecular flexibility index (Phi) is 10.9. The lowest BCUT2D eigenvalue weighted by Gasteiger charge is -2.36. The number of methoxy groups -OCH3 is 1. The molecule has 312 valence electrons. The molecule has 2 aliphatic heterocycles. The van der Waals surface area contributed by atoms with E-state index in [2.05, 4.69) is 15.4 Å². The van der Waals surface area contributed by atoms with Gasteiger partial charge in [-0.15, -0.1) is 0 Å². The average molecular weight is 815 g/mol. The van der Waals surface area contributed by atoms with Crippen molar-refractivity contribution in [3.05, 3.63) is 23.9 Å². The molecular weight excluding hydrogens is 760 g/mol. The second kappa shape index (κ2) is 15.1. The van der Waals surface area contributed by atoms with Gasteiger partial charge in [0.2, 0.25) is 27.7 Å². The number of nitrogens with one attached hydrogen (secondary N) is 3. The van der Waals surface area contributed by atoms with Crippen LogP contribution in [0.1, 0.15) is 98.1 Å². The van der Waals surface area contributed by atoms with E-state index in [0.717, 1.165) is 32.1 Å². The molecule has 17 heteroatoms. The van der Waals surface area contributed by atoms with Gasteiger partial charge >= 0.3 is 6.09 Å². The molecule has 3 N–H and O–H groups in total. The van der Waals surface area contributed by atoms with Crippen molar-refractivity contribution in [1.82, 2.24) is 30.2 Å². The highest BCUT2D eigenvalue weighted by molar-refractivity contribution is 7.91. The van der Waals surface area contributed by atoms with Gasteiger partial charge in [-0.05, 0) is 87.7 Å². The zero-order valence-corrected chi connectivity index (χ0v) is 34.4. The number of fused-ring (bicyclic) bond motifs is 5. The van der Waals surface area contributed by atoms with Gasteiger partial charge in [-0.3, -0.25) is 23.5 Å². The topological polar surface area (TPSA) is 195 Å². The van der Waals surface area contributed by atoms with Crippen LogP contribution in [0, 0.1) is 23.2 Å². The lowest BCUT2D eigenvalue weighted by molar-refractivity contribution is -0.143. The van der Waals surface area contributed by atoms with Crippen LogP contribution in [0.3, 0.4) is 0 Å². The molecule has 5 aliphatic rings. The average Bonchev–Trinajstić information content (AvgIpc) is 4.10. The Bertz CT molecular complexity index is 2040. The predicted octanol–water partition coefficient (Wildman–Crippen LogP) is 4.11. The van der Waals surface area contributed by atoms with E-state index in [1.807, 2.05) is 12.1 Å². The summed E-state index contributed by atoms with van der Waals surface area (Å²) in [6.07, 6.45) is 3.78. The molecule has 0 spiro atoms. The quantitative estimate of drug-likeness (QED) is 0.347. The van der Waals surface area contributed by atoms with Crippen LogP contribution in [0.15, 0.2) is 18.2 Å². The summed E-state index contributed by atoms with van der Waals surface area (Å²) in [4.78, 5) is 67.7. The van der Waals surface area contributed by atoms with E-state index < -0.39 is 86.2 Å². The fourth-order valence-electron chi connectivity index (χ4n) is 8.32. The number of ether oxygens (including phenoxy) is 3. The number of aromatic nitrogens is 2. The lowest BCUT2D eigenvalue weighted by atomic mass is 9.85. The summed E-state index contributed by atoms with van der Waals surface area (Å²) in [5.41, 5.74) is -0.717. The van der Waals surface area contributed by atoms with Crippen molar-refractivity contribution >= 4 is 44.9 Å². The van der Waals surface area contributed by atoms with Crippen LogP contribution in [0.5, 0.6) is 11.6 Å². The van der Waals surface area contributed by atoms with Crippen LogP contribution in [0.2, 0.25) is 0 Å². The second-order valence-electron chi connectivity index (χ2n) is 18.0. The minimum absolute atomic E-state index is 0.0232. The van der Waals surface area contributed by atoms with Gasteiger partial charge < -0.3 is 29.7 Å². The van der Waals surface area contributed by atoms with E-state index in [4.69, 9.17) is 24.2 Å². The molecule has 1 saturated heterocycles. The number of hydrogen-bond donors (Lipinski definition) is 3. The van der Waals surface area contributed by atoms with Gasteiger partial charge in [-0.2, -0.15) is 0 Å². The predicted molar refractivity (Wildman–Crippen MR) is 206 cm³/mol. The highest BCUT2D eigenvalue weighted by atomic mass is 32.2. The van der Waals surface area contributed by atoms with Crippen LogP contribution in [0.25, 0.3) is 11.0 Å². The molecule has 1 unspecified atom stereocenters. The maximum absolute atomic E-state index is 14.8. The summed E-state index contributed by atoms with van der Waals surface area (Å²) in [5, 5.41) is 5.58. The highest BCUT2D eigenvalue weighted by Crippen LogP contribution is 2.48. The molecule has 15 nitrogen and oxygen atoms in total. The monoisotopic (exact) mass is 814 g/mol. The van der Waals surface area contributed by atoms with Gasteiger partial charge in [-0.25, -0.2) is 23.2 Å². The number of carbonyl (C=O) groups is 4. The number of benzene rings is 1. The van der Waals surface area contributed by atoms with Crippen LogP contribution in [-0.2, 0) is 35.6 Å². The van der Waals surface area contributed by atoms with Crippen molar-refractivity contribution in [2.24, 2.45) is 23.2 Å². The van der Waals surface area contributed by atoms with Gasteiger partial charge in [-0.1, -0.05) is 40.5 Å². The first-order valence-electron chi connectivity index (χ1n) is 20.1. The third kappa shape index (κ3) is 8.22. The van der Waals surface area contributed by atoms with E-state index in [1.54, 1.807) is 40.9 Å². The minimum Gasteiger partial charge on any atom is -0.497 e. The zero-order chi connectivity index (χ0) is 41.1. The molecule has 8 atom stereocenters. The third-order valence-electron chi connectivity index (χ3n) is 12.6. The van der Waals surface area contributed by atoms with Gasteiger partial charge in [0, 0.05) is 12.0 Å². The Balaban J connectivity index is 1.24. The van der Waals surface area contributed by atoms with Crippen molar-refractivity contribution in [1.29, 1.82) is 0 Å². The summed E-state index contributed by atoms with van der Waals surface area (Å²) in [7, 11) is -2.52. The van der Waals surface area contributed by atoms with Gasteiger partial charge in [0.15, 0.2) is 0 Å². The normalized spacial score (nSPS) is 31.3. The standard InChI is InChI=1S/C40H55FN6O9S/c1-22-30-21-47(31(22)33(48)45-40(20-24(40)14-17-41)36(50)46-57(52,53)39(5)15-16-39)35(49)32(38(2,3)4)44-37(51)56-29-18-23(29)10-8-7-9-11-27-34(55-30)43-28-19-25(54-6)12-13-26(28)42-27/h12-13,19,22-24,29-32H,7-11,14-18,20-21H2,1-6H3,(H,44,51)(H,45,48)(H,46,50)/t22-,23?,24-,29-,30+,31+,32-,40-/m1/s1. The first kappa shape index (κ1) is 40.9. The maximum atomic E-state index is 14.8. The number of alkyl halides is 1. The van der Waals surface area contributed by atoms with Crippen molar-refractivity contribution in [2.75, 3.05) is 20.3 Å². The van der Waals surface area contributed by atoms with Crippen molar-refractivity contribution in [2.45, 2.75) is 133 Å². The fourth-order valence-corrected chi connectivity index (χ4v) is 9.63. The summed E-state index contributed by atoms with van der Waals surface area (Å²) >= 11 is 0. The number of alkyl carbamates (subject to hydrolysis) is 1. The number of rotatable bonds is 8. The largest absolute Gasteiger partial charge is 0.497 e. The lowest BCUT2D eigenvalue weighted by Crippen LogP contribution is -2.61. The minimum atomic E-state index is -4.08. The van der Waals surface area contributed by atoms with E-state index in [0.29, 0.717) is 41.7 Å². The fraction of sp³-hybridized carbons (Fsp3) is 0.700. The van der Waals surface area contributed by atoms with E-state index in [-0.39, 0.29) is 37.3 Å². The first-order valence-corrected chi connectivity index (χ1v) is 21.6. The van der Waals surface area contributed by atoms with Gasteiger partial charge in [0.05, 0.1) is 36.1 Å². The van der Waals surface area contributed by atoms with Crippen molar-refractivity contribution in [3.63, 3.8) is 0 Å². The van der Waals surface area contributed by atoms with Crippen LogP contribution < -0.4 is 24.8 Å².